The van der Waals surface area contributed by atoms with Crippen LogP contribution in [0.15, 0.2) is 39.7 Å². The number of hydrogen-bond donors (Lipinski definition) is 2. The van der Waals surface area contributed by atoms with Crippen LogP contribution in [0.1, 0.15) is 5.56 Å². The Balaban J connectivity index is 2.24. The number of ether oxygens (including phenoxy) is 1. The van der Waals surface area contributed by atoms with E-state index in [0.29, 0.717) is 25.3 Å². The molecular weight excluding hydrogens is 336 g/mol. The van der Waals surface area contributed by atoms with Crippen molar-refractivity contribution < 1.29 is 4.74 Å². The summed E-state index contributed by atoms with van der Waals surface area (Å²) in [5, 5.41) is 7.19. The molecule has 0 aliphatic heterocycles. The molecule has 0 bridgehead atoms. The minimum atomic E-state index is -0.181. The molecule has 7 heteroatoms. The lowest BCUT2D eigenvalue weighted by molar-refractivity contribution is 0.406. The van der Waals surface area contributed by atoms with Gasteiger partial charge in [-0.3, -0.25) is 4.79 Å². The zero-order chi connectivity index (χ0) is 15.2. The van der Waals surface area contributed by atoms with Gasteiger partial charge in [0.15, 0.2) is 0 Å². The highest BCUT2D eigenvalue weighted by atomic mass is 79.9. The molecule has 21 heavy (non-hydrogen) atoms. The number of aromatic nitrogens is 2. The molecule has 1 aromatic heterocycles. The summed E-state index contributed by atoms with van der Waals surface area (Å²) in [7, 11) is 1.60. The summed E-state index contributed by atoms with van der Waals surface area (Å²) < 4.78 is 7.61. The van der Waals surface area contributed by atoms with Crippen LogP contribution in [0.2, 0.25) is 0 Å². The quantitative estimate of drug-likeness (QED) is 0.821. The van der Waals surface area contributed by atoms with Crippen LogP contribution >= 0.6 is 15.9 Å². The summed E-state index contributed by atoms with van der Waals surface area (Å²) in [5.41, 5.74) is 6.77. The molecule has 3 N–H and O–H groups in total. The highest BCUT2D eigenvalue weighted by molar-refractivity contribution is 9.10. The van der Waals surface area contributed by atoms with E-state index in [1.165, 1.54) is 10.7 Å². The Hall–Kier alpha value is -1.86. The van der Waals surface area contributed by atoms with Gasteiger partial charge in [0.25, 0.3) is 5.56 Å². The van der Waals surface area contributed by atoms with Crippen LogP contribution < -0.4 is 21.3 Å². The minimum absolute atomic E-state index is 0.181. The second kappa shape index (κ2) is 7.24. The fourth-order valence-electron chi connectivity index (χ4n) is 1.90. The monoisotopic (exact) mass is 352 g/mol. The molecule has 112 valence electrons. The van der Waals surface area contributed by atoms with Gasteiger partial charge in [-0.15, -0.1) is 0 Å². The third-order valence-electron chi connectivity index (χ3n) is 2.91. The number of nitrogens with one attached hydrogen (secondary N) is 1. The van der Waals surface area contributed by atoms with E-state index < -0.39 is 0 Å². The highest BCUT2D eigenvalue weighted by Crippen LogP contribution is 2.23. The van der Waals surface area contributed by atoms with Gasteiger partial charge < -0.3 is 15.8 Å². The number of anilines is 1. The number of rotatable bonds is 6. The molecular formula is C14H17BrN4O2. The van der Waals surface area contributed by atoms with Crippen LogP contribution in [0.4, 0.5) is 5.69 Å². The first-order valence-electron chi connectivity index (χ1n) is 6.47. The van der Waals surface area contributed by atoms with E-state index in [9.17, 15) is 4.79 Å². The lowest BCUT2D eigenvalue weighted by Crippen LogP contribution is -2.24. The maximum absolute atomic E-state index is 12.1. The van der Waals surface area contributed by atoms with Crippen LogP contribution in [0.5, 0.6) is 5.75 Å². The van der Waals surface area contributed by atoms with E-state index in [4.69, 9.17) is 10.5 Å². The molecule has 0 atom stereocenters. The molecule has 0 amide bonds. The van der Waals surface area contributed by atoms with Gasteiger partial charge in [0.1, 0.15) is 5.75 Å². The standard InChI is InChI=1S/C14H17BrN4O2/c1-21-13-3-2-11(15)6-10(13)9-19-14(20)7-12(8-18-19)17-5-4-16/h2-3,6-8,17H,4-5,9,16H2,1H3. The molecule has 2 rings (SSSR count). The number of nitrogens with zero attached hydrogens (tertiary/aromatic N) is 2. The fraction of sp³-hybridized carbons (Fsp3) is 0.286. The predicted octanol–water partition coefficient (Wildman–Crippen LogP) is 1.43. The average molecular weight is 353 g/mol. The largest absolute Gasteiger partial charge is 0.496 e. The van der Waals surface area contributed by atoms with Crippen molar-refractivity contribution in [3.05, 3.63) is 50.9 Å². The fourth-order valence-corrected chi connectivity index (χ4v) is 2.31. The van der Waals surface area contributed by atoms with Crippen molar-refractivity contribution in [2.24, 2.45) is 5.73 Å². The Bertz CT molecular complexity index is 672. The first-order chi connectivity index (χ1) is 10.1. The molecule has 0 unspecified atom stereocenters. The molecule has 0 spiro atoms. The van der Waals surface area contributed by atoms with Crippen LogP contribution in [0.3, 0.4) is 0 Å². The molecule has 0 fully saturated rings. The van der Waals surface area contributed by atoms with Gasteiger partial charge in [-0.25, -0.2) is 4.68 Å². The van der Waals surface area contributed by atoms with Crippen LogP contribution in [0, 0.1) is 0 Å². The highest BCUT2D eigenvalue weighted by Gasteiger charge is 2.07. The lowest BCUT2D eigenvalue weighted by Gasteiger charge is -2.11. The van der Waals surface area contributed by atoms with E-state index in [0.717, 1.165) is 15.8 Å². The molecule has 6 nitrogen and oxygen atoms in total. The molecule has 0 radical (unpaired) electrons. The molecule has 2 aromatic rings. The third-order valence-corrected chi connectivity index (χ3v) is 3.40. The summed E-state index contributed by atoms with van der Waals surface area (Å²) in [6, 6.07) is 7.15. The van der Waals surface area contributed by atoms with Gasteiger partial charge >= 0.3 is 0 Å². The maximum Gasteiger partial charge on any atom is 0.269 e. The minimum Gasteiger partial charge on any atom is -0.496 e. The van der Waals surface area contributed by atoms with Gasteiger partial charge in [0, 0.05) is 29.2 Å². The van der Waals surface area contributed by atoms with Gasteiger partial charge in [-0.05, 0) is 18.2 Å². The van der Waals surface area contributed by atoms with Crippen molar-refractivity contribution in [2.75, 3.05) is 25.5 Å². The average Bonchev–Trinajstić information content (AvgIpc) is 2.48. The molecule has 0 saturated heterocycles. The Morgan fingerprint density at radius 3 is 2.90 bits per heavy atom. The summed E-state index contributed by atoms with van der Waals surface area (Å²) in [6.45, 7) is 1.45. The lowest BCUT2D eigenvalue weighted by atomic mass is 10.2. The first kappa shape index (κ1) is 15.5. The summed E-state index contributed by atoms with van der Waals surface area (Å²) in [6.07, 6.45) is 1.61. The number of hydrogen-bond acceptors (Lipinski definition) is 5. The van der Waals surface area contributed by atoms with Crippen molar-refractivity contribution in [2.45, 2.75) is 6.54 Å². The van der Waals surface area contributed by atoms with Crippen molar-refractivity contribution in [3.63, 3.8) is 0 Å². The predicted molar refractivity (Wildman–Crippen MR) is 85.8 cm³/mol. The first-order valence-corrected chi connectivity index (χ1v) is 7.27. The van der Waals surface area contributed by atoms with E-state index in [2.05, 4.69) is 26.3 Å². The van der Waals surface area contributed by atoms with Gasteiger partial charge in [-0.1, -0.05) is 15.9 Å². The SMILES string of the molecule is COc1ccc(Br)cc1Cn1ncc(NCCN)cc1=O. The van der Waals surface area contributed by atoms with E-state index in [1.54, 1.807) is 13.3 Å². The number of halogens is 1. The summed E-state index contributed by atoms with van der Waals surface area (Å²) >= 11 is 3.41. The van der Waals surface area contributed by atoms with Crippen LogP contribution in [-0.2, 0) is 6.54 Å². The second-order valence-electron chi connectivity index (χ2n) is 4.41. The van der Waals surface area contributed by atoms with Gasteiger partial charge in [0.05, 0.1) is 25.5 Å². The van der Waals surface area contributed by atoms with E-state index >= 15 is 0 Å². The topological polar surface area (TPSA) is 82.2 Å². The number of nitrogens with two attached hydrogens (primary N) is 1. The second-order valence-corrected chi connectivity index (χ2v) is 5.33. The zero-order valence-electron chi connectivity index (χ0n) is 11.7. The maximum atomic E-state index is 12.1. The molecule has 1 aromatic carbocycles. The number of methoxy groups -OCH3 is 1. The normalized spacial score (nSPS) is 10.4. The molecule has 0 saturated carbocycles. The summed E-state index contributed by atoms with van der Waals surface area (Å²) in [4.78, 5) is 12.1. The van der Waals surface area contributed by atoms with Gasteiger partial charge in [0.2, 0.25) is 0 Å². The van der Waals surface area contributed by atoms with Crippen LogP contribution in [-0.4, -0.2) is 30.0 Å². The van der Waals surface area contributed by atoms with E-state index in [1.807, 2.05) is 18.2 Å². The molecule has 1 heterocycles. The number of benzene rings is 1. The van der Waals surface area contributed by atoms with E-state index in [-0.39, 0.29) is 5.56 Å². The smallest absolute Gasteiger partial charge is 0.269 e. The summed E-state index contributed by atoms with van der Waals surface area (Å²) in [5.74, 6) is 0.720. The molecule has 0 aliphatic rings. The van der Waals surface area contributed by atoms with Crippen molar-refractivity contribution in [1.29, 1.82) is 0 Å². The Labute approximate surface area is 131 Å². The third kappa shape index (κ3) is 4.05. The van der Waals surface area contributed by atoms with Crippen LogP contribution in [0.25, 0.3) is 0 Å². The molecule has 0 aliphatic carbocycles. The van der Waals surface area contributed by atoms with Crippen molar-refractivity contribution in [3.8, 4) is 5.75 Å². The Kier molecular flexibility index (Phi) is 5.35. The van der Waals surface area contributed by atoms with Gasteiger partial charge in [-0.2, -0.15) is 5.10 Å². The Morgan fingerprint density at radius 2 is 2.24 bits per heavy atom. The Morgan fingerprint density at radius 1 is 1.43 bits per heavy atom. The van der Waals surface area contributed by atoms with Crippen molar-refractivity contribution in [1.82, 2.24) is 9.78 Å². The van der Waals surface area contributed by atoms with Crippen molar-refractivity contribution >= 4 is 21.6 Å². The zero-order valence-corrected chi connectivity index (χ0v) is 13.3.